The van der Waals surface area contributed by atoms with Crippen LogP contribution < -0.4 is 5.73 Å². The molecule has 0 bridgehead atoms. The van der Waals surface area contributed by atoms with Crippen molar-refractivity contribution in [3.8, 4) is 0 Å². The van der Waals surface area contributed by atoms with Crippen molar-refractivity contribution >= 4 is 17.7 Å². The summed E-state index contributed by atoms with van der Waals surface area (Å²) < 4.78 is 0. The minimum atomic E-state index is -0.388. The molecular weight excluding hydrogens is 212 g/mol. The van der Waals surface area contributed by atoms with E-state index >= 15 is 0 Å². The molecule has 17 heavy (non-hydrogen) atoms. The fourth-order valence-electron chi connectivity index (χ4n) is 2.17. The lowest BCUT2D eigenvalue weighted by molar-refractivity contribution is 0.100. The summed E-state index contributed by atoms with van der Waals surface area (Å²) in [7, 11) is 0. The molecule has 1 aromatic carbocycles. The number of rotatable bonds is 1. The summed E-state index contributed by atoms with van der Waals surface area (Å²) in [5.74, 6) is -0.388. The van der Waals surface area contributed by atoms with Crippen molar-refractivity contribution in [2.75, 3.05) is 6.54 Å². The zero-order chi connectivity index (χ0) is 11.8. The van der Waals surface area contributed by atoms with E-state index in [2.05, 4.69) is 23.1 Å². The fourth-order valence-corrected chi connectivity index (χ4v) is 2.17. The van der Waals surface area contributed by atoms with Crippen LogP contribution in [0.25, 0.3) is 11.8 Å². The first-order valence-electron chi connectivity index (χ1n) is 5.51. The lowest BCUT2D eigenvalue weighted by atomic mass is 9.96. The molecule has 84 valence electrons. The predicted octanol–water partition coefficient (Wildman–Crippen LogP) is 1.98. The van der Waals surface area contributed by atoms with Gasteiger partial charge in [0.05, 0.1) is 0 Å². The molecule has 0 atom stereocenters. The number of allylic oxidation sites excluding steroid dienone is 2. The van der Waals surface area contributed by atoms with Gasteiger partial charge in [-0.1, -0.05) is 18.2 Å². The van der Waals surface area contributed by atoms with Crippen molar-refractivity contribution in [1.29, 1.82) is 0 Å². The Morgan fingerprint density at radius 2 is 2.24 bits per heavy atom. The third-order valence-corrected chi connectivity index (χ3v) is 3.05. The van der Waals surface area contributed by atoms with E-state index in [1.54, 1.807) is 6.07 Å². The van der Waals surface area contributed by atoms with Crippen molar-refractivity contribution in [3.05, 3.63) is 59.3 Å². The molecular formula is C14H12N2O. The highest BCUT2D eigenvalue weighted by molar-refractivity contribution is 5.94. The topological polar surface area (TPSA) is 46.3 Å². The molecule has 0 aromatic heterocycles. The van der Waals surface area contributed by atoms with Crippen LogP contribution in [-0.4, -0.2) is 17.4 Å². The zero-order valence-corrected chi connectivity index (χ0v) is 9.26. The molecule has 2 N–H and O–H groups in total. The Labute approximate surface area is 99.5 Å². The number of hydrogen-bond donors (Lipinski definition) is 1. The summed E-state index contributed by atoms with van der Waals surface area (Å²) in [6.07, 6.45) is 10.3. The second-order valence-electron chi connectivity index (χ2n) is 4.11. The number of fused-ring (bicyclic) bond motifs is 3. The van der Waals surface area contributed by atoms with Crippen LogP contribution in [0.4, 0.5) is 0 Å². The molecule has 2 aliphatic rings. The maximum atomic E-state index is 11.1. The van der Waals surface area contributed by atoms with Crippen molar-refractivity contribution in [1.82, 2.24) is 4.90 Å². The lowest BCUT2D eigenvalue weighted by Crippen LogP contribution is -2.21. The van der Waals surface area contributed by atoms with Gasteiger partial charge >= 0.3 is 0 Å². The molecule has 3 heteroatoms. The SMILES string of the molecule is NC(=O)c1ccc2c(c1)C=CN1CC=CC=C21. The van der Waals surface area contributed by atoms with Gasteiger partial charge in [0.25, 0.3) is 0 Å². The highest BCUT2D eigenvalue weighted by atomic mass is 16.1. The van der Waals surface area contributed by atoms with Crippen LogP contribution in [0.15, 0.2) is 42.6 Å². The van der Waals surface area contributed by atoms with E-state index in [1.165, 1.54) is 5.70 Å². The van der Waals surface area contributed by atoms with Crippen LogP contribution in [0.1, 0.15) is 21.5 Å². The summed E-state index contributed by atoms with van der Waals surface area (Å²) in [6.45, 7) is 0.888. The number of amides is 1. The van der Waals surface area contributed by atoms with Crippen LogP contribution in [0.2, 0.25) is 0 Å². The van der Waals surface area contributed by atoms with Crippen molar-refractivity contribution in [3.63, 3.8) is 0 Å². The molecule has 3 rings (SSSR count). The maximum absolute atomic E-state index is 11.1. The second-order valence-corrected chi connectivity index (χ2v) is 4.11. The summed E-state index contributed by atoms with van der Waals surface area (Å²) in [6, 6.07) is 5.57. The maximum Gasteiger partial charge on any atom is 0.248 e. The first-order chi connectivity index (χ1) is 8.25. The molecule has 3 nitrogen and oxygen atoms in total. The van der Waals surface area contributed by atoms with Gasteiger partial charge < -0.3 is 10.6 Å². The monoisotopic (exact) mass is 224 g/mol. The molecule has 1 amide bonds. The van der Waals surface area contributed by atoms with Gasteiger partial charge in [0.2, 0.25) is 5.91 Å². The molecule has 2 aliphatic heterocycles. The van der Waals surface area contributed by atoms with Crippen molar-refractivity contribution < 1.29 is 4.79 Å². The van der Waals surface area contributed by atoms with E-state index in [4.69, 9.17) is 5.73 Å². The summed E-state index contributed by atoms with van der Waals surface area (Å²) in [5, 5.41) is 0. The predicted molar refractivity (Wildman–Crippen MR) is 67.8 cm³/mol. The molecule has 0 unspecified atom stereocenters. The number of benzene rings is 1. The summed E-state index contributed by atoms with van der Waals surface area (Å²) >= 11 is 0. The first kappa shape index (κ1) is 9.90. The van der Waals surface area contributed by atoms with Crippen molar-refractivity contribution in [2.24, 2.45) is 5.73 Å². The number of hydrogen-bond acceptors (Lipinski definition) is 2. The Hall–Kier alpha value is -2.29. The Kier molecular flexibility index (Phi) is 2.11. The molecule has 2 heterocycles. The van der Waals surface area contributed by atoms with E-state index in [9.17, 15) is 4.79 Å². The molecule has 0 radical (unpaired) electrons. The van der Waals surface area contributed by atoms with E-state index in [0.29, 0.717) is 5.56 Å². The van der Waals surface area contributed by atoms with Crippen LogP contribution in [0.3, 0.4) is 0 Å². The third kappa shape index (κ3) is 1.56. The van der Waals surface area contributed by atoms with Gasteiger partial charge in [-0.15, -0.1) is 0 Å². The van der Waals surface area contributed by atoms with Crippen LogP contribution in [-0.2, 0) is 0 Å². The lowest BCUT2D eigenvalue weighted by Gasteiger charge is -2.29. The zero-order valence-electron chi connectivity index (χ0n) is 9.26. The van der Waals surface area contributed by atoms with Crippen molar-refractivity contribution in [2.45, 2.75) is 0 Å². The quantitative estimate of drug-likeness (QED) is 0.792. The smallest absolute Gasteiger partial charge is 0.248 e. The molecule has 0 spiro atoms. The van der Waals surface area contributed by atoms with Gasteiger partial charge in [-0.25, -0.2) is 0 Å². The first-order valence-corrected chi connectivity index (χ1v) is 5.51. The average molecular weight is 224 g/mol. The number of primary amides is 1. The van der Waals surface area contributed by atoms with Crippen LogP contribution >= 0.6 is 0 Å². The largest absolute Gasteiger partial charge is 0.366 e. The number of nitrogens with two attached hydrogens (primary N) is 1. The van der Waals surface area contributed by atoms with E-state index in [-0.39, 0.29) is 5.91 Å². The minimum Gasteiger partial charge on any atom is -0.366 e. The number of carbonyl (C=O) groups excluding carboxylic acids is 1. The van der Waals surface area contributed by atoms with Gasteiger partial charge in [0, 0.05) is 29.6 Å². The Morgan fingerprint density at radius 3 is 3.06 bits per heavy atom. The average Bonchev–Trinajstić information content (AvgIpc) is 2.38. The van der Waals surface area contributed by atoms with Gasteiger partial charge in [0.1, 0.15) is 0 Å². The van der Waals surface area contributed by atoms with Gasteiger partial charge in [-0.05, 0) is 29.8 Å². The highest BCUT2D eigenvalue weighted by Crippen LogP contribution is 2.31. The molecule has 0 fully saturated rings. The molecule has 0 saturated heterocycles. The minimum absolute atomic E-state index is 0.388. The standard InChI is InChI=1S/C14H12N2O/c15-14(17)11-4-5-12-10(9-11)6-8-16-7-2-1-3-13(12)16/h1-6,8-9H,7H2,(H2,15,17). The van der Waals surface area contributed by atoms with Crippen LogP contribution in [0.5, 0.6) is 0 Å². The van der Waals surface area contributed by atoms with Gasteiger partial charge in [-0.3, -0.25) is 4.79 Å². The summed E-state index contributed by atoms with van der Waals surface area (Å²) in [4.78, 5) is 13.3. The van der Waals surface area contributed by atoms with E-state index in [1.807, 2.05) is 24.4 Å². The third-order valence-electron chi connectivity index (χ3n) is 3.05. The Morgan fingerprint density at radius 1 is 1.35 bits per heavy atom. The van der Waals surface area contributed by atoms with Gasteiger partial charge in [0.15, 0.2) is 0 Å². The number of carbonyl (C=O) groups is 1. The van der Waals surface area contributed by atoms with Crippen LogP contribution in [0, 0.1) is 0 Å². The van der Waals surface area contributed by atoms with Gasteiger partial charge in [-0.2, -0.15) is 0 Å². The number of nitrogens with zero attached hydrogens (tertiary/aromatic N) is 1. The molecule has 0 aliphatic carbocycles. The normalized spacial score (nSPS) is 16.2. The highest BCUT2D eigenvalue weighted by Gasteiger charge is 2.18. The Balaban J connectivity index is 2.14. The molecule has 0 saturated carbocycles. The second kappa shape index (κ2) is 3.63. The fraction of sp³-hybridized carbons (Fsp3) is 0.0714. The molecule has 1 aromatic rings. The van der Waals surface area contributed by atoms with E-state index in [0.717, 1.165) is 17.7 Å². The van der Waals surface area contributed by atoms with E-state index < -0.39 is 0 Å². The Bertz CT molecular complexity index is 582. The summed E-state index contributed by atoms with van der Waals surface area (Å²) in [5.41, 5.74) is 9.18.